The zero-order valence-corrected chi connectivity index (χ0v) is 20.9. The lowest BCUT2D eigenvalue weighted by molar-refractivity contribution is -0.118. The highest BCUT2D eigenvalue weighted by atomic mass is 79.9. The van der Waals surface area contributed by atoms with Crippen LogP contribution in [0, 0.1) is 6.92 Å². The third-order valence-corrected chi connectivity index (χ3v) is 6.82. The number of alkyl carbamates (subject to hydrolysis) is 1. The molecule has 0 fully saturated rings. The number of amides is 2. The van der Waals surface area contributed by atoms with Gasteiger partial charge in [0.1, 0.15) is 12.6 Å². The van der Waals surface area contributed by atoms with Crippen LogP contribution in [-0.2, 0) is 9.53 Å². The number of carboxylic acid groups (broad SMARTS) is 1. The van der Waals surface area contributed by atoms with Gasteiger partial charge in [-0.25, -0.2) is 9.59 Å². The van der Waals surface area contributed by atoms with Crippen LogP contribution in [0.2, 0.25) is 0 Å². The smallest absolute Gasteiger partial charge is 0.407 e. The maximum Gasteiger partial charge on any atom is 0.407 e. The Morgan fingerprint density at radius 1 is 1.03 bits per heavy atom. The number of nitrogens with one attached hydrogen (secondary N) is 2. The Morgan fingerprint density at radius 3 is 2.20 bits per heavy atom. The van der Waals surface area contributed by atoms with Crippen LogP contribution in [0.15, 0.2) is 65.1 Å². The van der Waals surface area contributed by atoms with Crippen LogP contribution in [0.1, 0.15) is 46.3 Å². The summed E-state index contributed by atoms with van der Waals surface area (Å²) in [5.74, 6) is -1.65. The van der Waals surface area contributed by atoms with Gasteiger partial charge < -0.3 is 20.5 Å². The Morgan fingerprint density at radius 2 is 1.63 bits per heavy atom. The van der Waals surface area contributed by atoms with E-state index in [9.17, 15) is 19.5 Å². The molecule has 8 heteroatoms. The van der Waals surface area contributed by atoms with Gasteiger partial charge in [-0.3, -0.25) is 4.79 Å². The minimum Gasteiger partial charge on any atom is -0.478 e. The van der Waals surface area contributed by atoms with Crippen LogP contribution in [0.4, 0.5) is 10.5 Å². The van der Waals surface area contributed by atoms with E-state index >= 15 is 0 Å². The van der Waals surface area contributed by atoms with Gasteiger partial charge in [0.05, 0.1) is 5.56 Å². The molecule has 0 saturated carbocycles. The standard InChI is InChI=1S/C27H25BrN2O5/c1-3-23(25(31)29-24-13-20(26(32)33)22(28)12-15(24)2)30-27(34)35-14-21-18-10-6-4-8-16(18)17-9-5-7-11-19(17)21/h4-13,21,23H,3,14H2,1-2H3,(H,29,31)(H,30,34)(H,32,33)/t23-/m0/s1. The van der Waals surface area contributed by atoms with E-state index in [1.807, 2.05) is 36.4 Å². The molecule has 0 heterocycles. The predicted octanol–water partition coefficient (Wildman–Crippen LogP) is 5.71. The number of carboxylic acids is 1. The number of aromatic carboxylic acids is 1. The fourth-order valence-electron chi connectivity index (χ4n) is 4.33. The third-order valence-electron chi connectivity index (χ3n) is 6.16. The van der Waals surface area contributed by atoms with Gasteiger partial charge in [-0.2, -0.15) is 0 Å². The second kappa shape index (κ2) is 10.3. The molecule has 180 valence electrons. The number of anilines is 1. The number of carbonyl (C=O) groups is 3. The minimum atomic E-state index is -1.11. The van der Waals surface area contributed by atoms with Crippen LogP contribution in [0.3, 0.4) is 0 Å². The Kier molecular flexibility index (Phi) is 7.21. The van der Waals surface area contributed by atoms with Gasteiger partial charge in [0.15, 0.2) is 0 Å². The molecule has 3 N–H and O–H groups in total. The normalized spacial score (nSPS) is 12.9. The second-order valence-corrected chi connectivity index (χ2v) is 9.23. The van der Waals surface area contributed by atoms with Crippen LogP contribution in [0.5, 0.6) is 0 Å². The van der Waals surface area contributed by atoms with Gasteiger partial charge in [0.25, 0.3) is 0 Å². The SMILES string of the molecule is CC[C@H](NC(=O)OCC1c2ccccc2-c2ccccc21)C(=O)Nc1cc(C(=O)O)c(Br)cc1C. The van der Waals surface area contributed by atoms with Gasteiger partial charge >= 0.3 is 12.1 Å². The summed E-state index contributed by atoms with van der Waals surface area (Å²) in [6.45, 7) is 3.67. The first-order chi connectivity index (χ1) is 16.8. The minimum absolute atomic E-state index is 0.0310. The number of hydrogen-bond acceptors (Lipinski definition) is 4. The van der Waals surface area contributed by atoms with Crippen molar-refractivity contribution < 1.29 is 24.2 Å². The molecule has 3 aromatic rings. The largest absolute Gasteiger partial charge is 0.478 e. The average molecular weight is 537 g/mol. The topological polar surface area (TPSA) is 105 Å². The summed E-state index contributed by atoms with van der Waals surface area (Å²) < 4.78 is 5.97. The quantitative estimate of drug-likeness (QED) is 0.358. The Bertz CT molecular complexity index is 1260. The molecule has 0 aliphatic heterocycles. The number of carbonyl (C=O) groups excluding carboxylic acids is 2. The second-order valence-electron chi connectivity index (χ2n) is 8.37. The van der Waals surface area contributed by atoms with Crippen molar-refractivity contribution in [3.8, 4) is 11.1 Å². The van der Waals surface area contributed by atoms with Crippen molar-refractivity contribution in [1.82, 2.24) is 5.32 Å². The molecule has 2 amide bonds. The van der Waals surface area contributed by atoms with E-state index in [2.05, 4.69) is 38.7 Å². The summed E-state index contributed by atoms with van der Waals surface area (Å²) in [4.78, 5) is 36.9. The molecule has 4 rings (SSSR count). The first-order valence-corrected chi connectivity index (χ1v) is 12.0. The fourth-order valence-corrected chi connectivity index (χ4v) is 4.95. The number of benzene rings is 3. The molecule has 0 radical (unpaired) electrons. The predicted molar refractivity (Wildman–Crippen MR) is 137 cm³/mol. The van der Waals surface area contributed by atoms with Crippen molar-refractivity contribution in [3.63, 3.8) is 0 Å². The van der Waals surface area contributed by atoms with E-state index < -0.39 is 24.0 Å². The van der Waals surface area contributed by atoms with Crippen molar-refractivity contribution in [2.24, 2.45) is 0 Å². The van der Waals surface area contributed by atoms with Crippen molar-refractivity contribution in [2.45, 2.75) is 32.2 Å². The van der Waals surface area contributed by atoms with Gasteiger partial charge in [-0.15, -0.1) is 0 Å². The zero-order chi connectivity index (χ0) is 25.1. The van der Waals surface area contributed by atoms with Crippen molar-refractivity contribution in [3.05, 3.63) is 87.4 Å². The first-order valence-electron chi connectivity index (χ1n) is 11.3. The van der Waals surface area contributed by atoms with Crippen molar-refractivity contribution >= 4 is 39.6 Å². The summed E-state index contributed by atoms with van der Waals surface area (Å²) in [5, 5.41) is 14.7. The summed E-state index contributed by atoms with van der Waals surface area (Å²) in [6.07, 6.45) is -0.357. The Hall–Kier alpha value is -3.65. The van der Waals surface area contributed by atoms with Crippen LogP contribution >= 0.6 is 15.9 Å². The maximum atomic E-state index is 12.8. The van der Waals surface area contributed by atoms with E-state index in [1.165, 1.54) is 6.07 Å². The monoisotopic (exact) mass is 536 g/mol. The molecule has 0 bridgehead atoms. The van der Waals surface area contributed by atoms with Gasteiger partial charge in [0.2, 0.25) is 5.91 Å². The molecule has 35 heavy (non-hydrogen) atoms. The number of ether oxygens (including phenoxy) is 1. The van der Waals surface area contributed by atoms with Crippen LogP contribution in [-0.4, -0.2) is 35.7 Å². The molecule has 7 nitrogen and oxygen atoms in total. The highest BCUT2D eigenvalue weighted by molar-refractivity contribution is 9.10. The van der Waals surface area contributed by atoms with E-state index in [0.29, 0.717) is 22.1 Å². The third kappa shape index (κ3) is 5.07. The molecule has 1 aliphatic rings. The highest BCUT2D eigenvalue weighted by Crippen LogP contribution is 2.44. The number of hydrogen-bond donors (Lipinski definition) is 3. The molecule has 0 spiro atoms. The molecule has 1 aliphatic carbocycles. The number of aryl methyl sites for hydroxylation is 1. The van der Waals surface area contributed by atoms with Crippen molar-refractivity contribution in [2.75, 3.05) is 11.9 Å². The lowest BCUT2D eigenvalue weighted by atomic mass is 9.98. The fraction of sp³-hybridized carbons (Fsp3) is 0.222. The molecule has 0 aromatic heterocycles. The molecular weight excluding hydrogens is 512 g/mol. The molecular formula is C27H25BrN2O5. The Labute approximate surface area is 211 Å². The van der Waals surface area contributed by atoms with E-state index in [4.69, 9.17) is 4.74 Å². The van der Waals surface area contributed by atoms with Gasteiger partial charge in [-0.05, 0) is 69.2 Å². The Balaban J connectivity index is 1.41. The number of halogens is 1. The molecule has 1 atom stereocenters. The first kappa shape index (κ1) is 24.5. The highest BCUT2D eigenvalue weighted by Gasteiger charge is 2.29. The van der Waals surface area contributed by atoms with E-state index in [-0.39, 0.29) is 18.1 Å². The van der Waals surface area contributed by atoms with Crippen molar-refractivity contribution in [1.29, 1.82) is 0 Å². The number of fused-ring (bicyclic) bond motifs is 3. The zero-order valence-electron chi connectivity index (χ0n) is 19.3. The average Bonchev–Trinajstić information content (AvgIpc) is 3.16. The number of rotatable bonds is 7. The van der Waals surface area contributed by atoms with Gasteiger partial charge in [0, 0.05) is 16.1 Å². The van der Waals surface area contributed by atoms with Crippen LogP contribution < -0.4 is 10.6 Å². The summed E-state index contributed by atoms with van der Waals surface area (Å²) in [6, 6.07) is 18.3. The summed E-state index contributed by atoms with van der Waals surface area (Å²) >= 11 is 3.22. The maximum absolute atomic E-state index is 12.8. The molecule has 3 aromatic carbocycles. The lowest BCUT2D eigenvalue weighted by Crippen LogP contribution is -2.44. The van der Waals surface area contributed by atoms with Gasteiger partial charge in [-0.1, -0.05) is 55.5 Å². The molecule has 0 saturated heterocycles. The van der Waals surface area contributed by atoms with E-state index in [0.717, 1.165) is 22.3 Å². The van der Waals surface area contributed by atoms with E-state index in [1.54, 1.807) is 19.9 Å². The molecule has 0 unspecified atom stereocenters. The summed E-state index contributed by atoms with van der Waals surface area (Å²) in [5.41, 5.74) is 5.55. The lowest BCUT2D eigenvalue weighted by Gasteiger charge is -2.19. The van der Waals surface area contributed by atoms with Crippen LogP contribution in [0.25, 0.3) is 11.1 Å². The summed E-state index contributed by atoms with van der Waals surface area (Å²) in [7, 11) is 0.